The largest absolute Gasteiger partial charge is 0.495 e. The summed E-state index contributed by atoms with van der Waals surface area (Å²) in [4.78, 5) is 11.4. The fourth-order valence-corrected chi connectivity index (χ4v) is 2.04. The maximum atomic E-state index is 11.4. The van der Waals surface area contributed by atoms with Crippen molar-refractivity contribution in [3.63, 3.8) is 0 Å². The molecule has 0 aliphatic carbocycles. The Kier molecular flexibility index (Phi) is 5.17. The van der Waals surface area contributed by atoms with Crippen LogP contribution in [0.5, 0.6) is 5.75 Å². The summed E-state index contributed by atoms with van der Waals surface area (Å²) in [7, 11) is 1.57. The van der Waals surface area contributed by atoms with E-state index in [1.165, 1.54) is 5.56 Å². The van der Waals surface area contributed by atoms with Crippen molar-refractivity contribution in [2.45, 2.75) is 6.42 Å². The topological polar surface area (TPSA) is 70.6 Å². The Hall–Kier alpha value is -2.53. The molecule has 0 atom stereocenters. The third-order valence-electron chi connectivity index (χ3n) is 3.14. The average Bonchev–Trinajstić information content (AvgIpc) is 2.55. The molecule has 0 unspecified atom stereocenters. The van der Waals surface area contributed by atoms with Crippen LogP contribution >= 0.6 is 0 Å². The number of anilines is 1. The highest BCUT2D eigenvalue weighted by atomic mass is 16.5. The van der Waals surface area contributed by atoms with Crippen molar-refractivity contribution < 1.29 is 14.7 Å². The molecule has 0 saturated heterocycles. The second-order valence-electron chi connectivity index (χ2n) is 4.52. The number of hydrogen-bond donors (Lipinski definition) is 3. The lowest BCUT2D eigenvalue weighted by atomic mass is 10.1. The maximum Gasteiger partial charge on any atom is 0.274 e. The zero-order chi connectivity index (χ0) is 15.1. The number of methoxy groups -OCH3 is 1. The van der Waals surface area contributed by atoms with Gasteiger partial charge in [0.15, 0.2) is 0 Å². The standard InChI is InChI=1S/C16H18N2O3/c1-21-15-8-7-13(16(19)18-20)11-14(15)17-10-9-12-5-3-2-4-6-12/h2-8,11,17,20H,9-10H2,1H3,(H,18,19). The monoisotopic (exact) mass is 286 g/mol. The van der Waals surface area contributed by atoms with E-state index in [4.69, 9.17) is 9.94 Å². The van der Waals surface area contributed by atoms with Crippen molar-refractivity contribution in [1.29, 1.82) is 0 Å². The van der Waals surface area contributed by atoms with E-state index in [-0.39, 0.29) is 0 Å². The lowest BCUT2D eigenvalue weighted by Gasteiger charge is -2.12. The van der Waals surface area contributed by atoms with Crippen LogP contribution in [0.3, 0.4) is 0 Å². The van der Waals surface area contributed by atoms with Crippen LogP contribution in [0.25, 0.3) is 0 Å². The van der Waals surface area contributed by atoms with Crippen LogP contribution in [0.4, 0.5) is 5.69 Å². The number of benzene rings is 2. The Morgan fingerprint density at radius 1 is 1.19 bits per heavy atom. The molecule has 0 radical (unpaired) electrons. The molecule has 0 fully saturated rings. The summed E-state index contributed by atoms with van der Waals surface area (Å²) in [6, 6.07) is 15.0. The minimum Gasteiger partial charge on any atom is -0.495 e. The van der Waals surface area contributed by atoms with Gasteiger partial charge in [-0.1, -0.05) is 30.3 Å². The van der Waals surface area contributed by atoms with Crippen LogP contribution in [-0.2, 0) is 6.42 Å². The molecule has 0 aromatic heterocycles. The third-order valence-corrected chi connectivity index (χ3v) is 3.14. The fraction of sp³-hybridized carbons (Fsp3) is 0.188. The first-order chi connectivity index (χ1) is 10.2. The molecular weight excluding hydrogens is 268 g/mol. The second kappa shape index (κ2) is 7.31. The molecule has 5 heteroatoms. The van der Waals surface area contributed by atoms with Gasteiger partial charge in [0.1, 0.15) is 5.75 Å². The summed E-state index contributed by atoms with van der Waals surface area (Å²) in [5, 5.41) is 11.9. The van der Waals surface area contributed by atoms with E-state index in [1.54, 1.807) is 30.8 Å². The van der Waals surface area contributed by atoms with Crippen molar-refractivity contribution in [1.82, 2.24) is 5.48 Å². The summed E-state index contributed by atoms with van der Waals surface area (Å²) < 4.78 is 5.26. The van der Waals surface area contributed by atoms with Crippen molar-refractivity contribution in [3.05, 3.63) is 59.7 Å². The average molecular weight is 286 g/mol. The summed E-state index contributed by atoms with van der Waals surface area (Å²) in [5.41, 5.74) is 3.93. The molecule has 5 nitrogen and oxygen atoms in total. The number of ether oxygens (including phenoxy) is 1. The zero-order valence-electron chi connectivity index (χ0n) is 11.8. The smallest absolute Gasteiger partial charge is 0.274 e. The van der Waals surface area contributed by atoms with Gasteiger partial charge in [-0.25, -0.2) is 5.48 Å². The number of carbonyl (C=O) groups excluding carboxylic acids is 1. The molecule has 0 aliphatic heterocycles. The Bertz CT molecular complexity index is 600. The summed E-state index contributed by atoms with van der Waals surface area (Å²) >= 11 is 0. The van der Waals surface area contributed by atoms with E-state index in [2.05, 4.69) is 17.4 Å². The van der Waals surface area contributed by atoms with Gasteiger partial charge in [0.2, 0.25) is 0 Å². The predicted octanol–water partition coefficient (Wildman–Crippen LogP) is 2.47. The molecule has 0 aliphatic rings. The van der Waals surface area contributed by atoms with Gasteiger partial charge in [-0.3, -0.25) is 10.0 Å². The van der Waals surface area contributed by atoms with Gasteiger partial charge in [0.25, 0.3) is 5.91 Å². The third kappa shape index (κ3) is 3.97. The highest BCUT2D eigenvalue weighted by molar-refractivity contribution is 5.94. The molecule has 2 aromatic rings. The van der Waals surface area contributed by atoms with E-state index >= 15 is 0 Å². The molecule has 1 amide bonds. The van der Waals surface area contributed by atoms with Crippen LogP contribution in [0, 0.1) is 0 Å². The second-order valence-corrected chi connectivity index (χ2v) is 4.52. The van der Waals surface area contributed by atoms with Crippen LogP contribution in [-0.4, -0.2) is 24.8 Å². The van der Waals surface area contributed by atoms with Gasteiger partial charge in [0, 0.05) is 12.1 Å². The number of amides is 1. The number of rotatable bonds is 6. The van der Waals surface area contributed by atoms with Crippen LogP contribution < -0.4 is 15.5 Å². The van der Waals surface area contributed by atoms with Gasteiger partial charge in [-0.15, -0.1) is 0 Å². The highest BCUT2D eigenvalue weighted by Gasteiger charge is 2.09. The molecular formula is C16H18N2O3. The van der Waals surface area contributed by atoms with E-state index in [0.29, 0.717) is 17.9 Å². The lowest BCUT2D eigenvalue weighted by Crippen LogP contribution is -2.19. The summed E-state index contributed by atoms with van der Waals surface area (Å²) in [6.07, 6.45) is 0.862. The Morgan fingerprint density at radius 3 is 2.62 bits per heavy atom. The molecule has 0 spiro atoms. The van der Waals surface area contributed by atoms with Gasteiger partial charge in [-0.2, -0.15) is 0 Å². The molecule has 0 bridgehead atoms. The SMILES string of the molecule is COc1ccc(C(=O)NO)cc1NCCc1ccccc1. The predicted molar refractivity (Wildman–Crippen MR) is 80.9 cm³/mol. The Labute approximate surface area is 123 Å². The molecule has 0 heterocycles. The molecule has 2 aromatic carbocycles. The number of nitrogens with one attached hydrogen (secondary N) is 2. The first-order valence-electron chi connectivity index (χ1n) is 6.65. The van der Waals surface area contributed by atoms with Gasteiger partial charge < -0.3 is 10.1 Å². The van der Waals surface area contributed by atoms with E-state index in [1.807, 2.05) is 18.2 Å². The van der Waals surface area contributed by atoms with E-state index < -0.39 is 5.91 Å². The fourth-order valence-electron chi connectivity index (χ4n) is 2.04. The van der Waals surface area contributed by atoms with Gasteiger partial charge in [-0.05, 0) is 30.2 Å². The quantitative estimate of drug-likeness (QED) is 0.563. The highest BCUT2D eigenvalue weighted by Crippen LogP contribution is 2.25. The summed E-state index contributed by atoms with van der Waals surface area (Å²) in [5.74, 6) is 0.0984. The van der Waals surface area contributed by atoms with Crippen molar-refractivity contribution >= 4 is 11.6 Å². The van der Waals surface area contributed by atoms with Crippen molar-refractivity contribution in [2.75, 3.05) is 19.0 Å². The summed E-state index contributed by atoms with van der Waals surface area (Å²) in [6.45, 7) is 0.713. The minimum absolute atomic E-state index is 0.362. The zero-order valence-corrected chi connectivity index (χ0v) is 11.8. The van der Waals surface area contributed by atoms with E-state index in [0.717, 1.165) is 12.1 Å². The minimum atomic E-state index is -0.552. The number of carbonyl (C=O) groups is 1. The van der Waals surface area contributed by atoms with Crippen LogP contribution in [0.1, 0.15) is 15.9 Å². The van der Waals surface area contributed by atoms with Gasteiger partial charge in [0.05, 0.1) is 12.8 Å². The Morgan fingerprint density at radius 2 is 1.95 bits per heavy atom. The van der Waals surface area contributed by atoms with E-state index in [9.17, 15) is 4.79 Å². The molecule has 110 valence electrons. The maximum absolute atomic E-state index is 11.4. The van der Waals surface area contributed by atoms with Gasteiger partial charge >= 0.3 is 0 Å². The first kappa shape index (κ1) is 14.9. The number of hydroxylamine groups is 1. The van der Waals surface area contributed by atoms with Crippen molar-refractivity contribution in [2.24, 2.45) is 0 Å². The molecule has 2 rings (SSSR count). The molecule has 3 N–H and O–H groups in total. The Balaban J connectivity index is 2.05. The number of hydrogen-bond acceptors (Lipinski definition) is 4. The molecule has 0 saturated carbocycles. The molecule has 21 heavy (non-hydrogen) atoms. The lowest BCUT2D eigenvalue weighted by molar-refractivity contribution is 0.0706. The van der Waals surface area contributed by atoms with Crippen molar-refractivity contribution in [3.8, 4) is 5.75 Å². The van der Waals surface area contributed by atoms with Crippen LogP contribution in [0.15, 0.2) is 48.5 Å². The van der Waals surface area contributed by atoms with Crippen LogP contribution in [0.2, 0.25) is 0 Å². The first-order valence-corrected chi connectivity index (χ1v) is 6.65. The normalized spacial score (nSPS) is 10.0.